The smallest absolute Gasteiger partial charge is 0.234 e. The van der Waals surface area contributed by atoms with E-state index < -0.39 is 0 Å². The molecule has 1 aromatic carbocycles. The summed E-state index contributed by atoms with van der Waals surface area (Å²) in [5.41, 5.74) is 0.978. The van der Waals surface area contributed by atoms with Gasteiger partial charge in [0.05, 0.1) is 6.54 Å². The van der Waals surface area contributed by atoms with Crippen molar-refractivity contribution < 1.29 is 4.79 Å². The van der Waals surface area contributed by atoms with Gasteiger partial charge in [-0.3, -0.25) is 9.69 Å². The predicted molar refractivity (Wildman–Crippen MR) is 96.9 cm³/mol. The van der Waals surface area contributed by atoms with Crippen molar-refractivity contribution in [3.05, 3.63) is 33.8 Å². The van der Waals surface area contributed by atoms with Gasteiger partial charge in [-0.05, 0) is 43.0 Å². The molecule has 0 radical (unpaired) electrons. The van der Waals surface area contributed by atoms with Crippen molar-refractivity contribution in [2.24, 2.45) is 11.8 Å². The molecule has 1 aromatic rings. The highest BCUT2D eigenvalue weighted by atomic mass is 35.5. The Hall–Kier alpha value is -0.770. The molecule has 2 rings (SSSR count). The van der Waals surface area contributed by atoms with Crippen LogP contribution in [-0.2, 0) is 11.3 Å². The normalized spacial score (nSPS) is 24.7. The number of benzene rings is 1. The van der Waals surface area contributed by atoms with E-state index in [-0.39, 0.29) is 5.91 Å². The minimum atomic E-state index is 0.0866. The highest BCUT2D eigenvalue weighted by Gasteiger charge is 2.28. The van der Waals surface area contributed by atoms with Crippen molar-refractivity contribution in [3.63, 3.8) is 0 Å². The minimum Gasteiger partial charge on any atom is -0.352 e. The van der Waals surface area contributed by atoms with Gasteiger partial charge in [-0.2, -0.15) is 0 Å². The molecule has 0 unspecified atom stereocenters. The van der Waals surface area contributed by atoms with E-state index in [1.165, 1.54) is 12.8 Å². The standard InChI is InChI=1S/C18H26Cl2N2O/c1-12-5-4-6-17(13(12)2)21-18(23)11-22(3)10-14-7-8-15(19)9-16(14)20/h7-9,12-13,17H,4-6,10-11H2,1-3H3,(H,21,23)/t12-,13-,17-/m1/s1. The Morgan fingerprint density at radius 1 is 1.30 bits per heavy atom. The van der Waals surface area contributed by atoms with Crippen LogP contribution in [-0.4, -0.2) is 30.4 Å². The predicted octanol–water partition coefficient (Wildman–Crippen LogP) is 4.37. The van der Waals surface area contributed by atoms with E-state index in [2.05, 4.69) is 19.2 Å². The van der Waals surface area contributed by atoms with Crippen LogP contribution in [0.5, 0.6) is 0 Å². The molecule has 1 amide bonds. The molecule has 0 bridgehead atoms. The van der Waals surface area contributed by atoms with Crippen LogP contribution >= 0.6 is 23.2 Å². The van der Waals surface area contributed by atoms with Crippen molar-refractivity contribution in [2.75, 3.05) is 13.6 Å². The molecule has 1 aliphatic carbocycles. The van der Waals surface area contributed by atoms with Gasteiger partial charge in [0.25, 0.3) is 0 Å². The summed E-state index contributed by atoms with van der Waals surface area (Å²) in [6, 6.07) is 5.77. The second-order valence-electron chi connectivity index (χ2n) is 6.85. The molecule has 0 heterocycles. The fourth-order valence-electron chi connectivity index (χ4n) is 3.28. The van der Waals surface area contributed by atoms with E-state index >= 15 is 0 Å². The molecule has 0 spiro atoms. The van der Waals surface area contributed by atoms with Gasteiger partial charge in [-0.15, -0.1) is 0 Å². The third-order valence-corrected chi connectivity index (χ3v) is 5.51. The third-order valence-electron chi connectivity index (χ3n) is 4.92. The number of likely N-dealkylation sites (N-methyl/N-ethyl adjacent to an activating group) is 1. The fraction of sp³-hybridized carbons (Fsp3) is 0.611. The Morgan fingerprint density at radius 2 is 2.04 bits per heavy atom. The largest absolute Gasteiger partial charge is 0.352 e. The van der Waals surface area contributed by atoms with Gasteiger partial charge in [0.1, 0.15) is 0 Å². The molecule has 128 valence electrons. The molecular formula is C18H26Cl2N2O. The first-order valence-corrected chi connectivity index (χ1v) is 9.04. The summed E-state index contributed by atoms with van der Waals surface area (Å²) in [6.45, 7) is 5.51. The van der Waals surface area contributed by atoms with E-state index in [1.54, 1.807) is 6.07 Å². The Bertz CT molecular complexity index is 550. The molecule has 3 atom stereocenters. The fourth-order valence-corrected chi connectivity index (χ4v) is 3.75. The molecule has 1 saturated carbocycles. The van der Waals surface area contributed by atoms with Gasteiger partial charge in [-0.25, -0.2) is 0 Å². The lowest BCUT2D eigenvalue weighted by Gasteiger charge is -2.35. The van der Waals surface area contributed by atoms with E-state index in [0.29, 0.717) is 41.0 Å². The number of hydrogen-bond acceptors (Lipinski definition) is 2. The first-order chi connectivity index (χ1) is 10.9. The molecule has 1 N–H and O–H groups in total. The van der Waals surface area contributed by atoms with Gasteiger partial charge in [0.2, 0.25) is 5.91 Å². The van der Waals surface area contributed by atoms with E-state index in [4.69, 9.17) is 23.2 Å². The highest BCUT2D eigenvalue weighted by Crippen LogP contribution is 2.29. The summed E-state index contributed by atoms with van der Waals surface area (Å²) in [4.78, 5) is 14.3. The van der Waals surface area contributed by atoms with Crippen molar-refractivity contribution in [1.82, 2.24) is 10.2 Å². The van der Waals surface area contributed by atoms with Crippen LogP contribution < -0.4 is 5.32 Å². The molecule has 1 fully saturated rings. The Labute approximate surface area is 149 Å². The van der Waals surface area contributed by atoms with E-state index in [1.807, 2.05) is 24.1 Å². The summed E-state index contributed by atoms with van der Waals surface area (Å²) in [7, 11) is 1.93. The summed E-state index contributed by atoms with van der Waals surface area (Å²) < 4.78 is 0. The number of hydrogen-bond donors (Lipinski definition) is 1. The Kier molecular flexibility index (Phi) is 6.75. The summed E-state index contributed by atoms with van der Waals surface area (Å²) in [5.74, 6) is 1.31. The maximum atomic E-state index is 12.3. The number of carbonyl (C=O) groups excluding carboxylic acids is 1. The monoisotopic (exact) mass is 356 g/mol. The lowest BCUT2D eigenvalue weighted by atomic mass is 9.78. The lowest BCUT2D eigenvalue weighted by molar-refractivity contribution is -0.123. The molecule has 1 aliphatic rings. The van der Waals surface area contributed by atoms with Crippen molar-refractivity contribution in [1.29, 1.82) is 0 Å². The molecule has 5 heteroatoms. The molecular weight excluding hydrogens is 331 g/mol. The van der Waals surface area contributed by atoms with Crippen molar-refractivity contribution in [3.8, 4) is 0 Å². The molecule has 0 aliphatic heterocycles. The van der Waals surface area contributed by atoms with Crippen LogP contribution in [0, 0.1) is 11.8 Å². The lowest BCUT2D eigenvalue weighted by Crippen LogP contribution is -2.46. The Balaban J connectivity index is 1.84. The van der Waals surface area contributed by atoms with Gasteiger partial charge >= 0.3 is 0 Å². The van der Waals surface area contributed by atoms with Crippen molar-refractivity contribution in [2.45, 2.75) is 45.7 Å². The number of rotatable bonds is 5. The van der Waals surface area contributed by atoms with Crippen LogP contribution in [0.15, 0.2) is 18.2 Å². The number of halogens is 2. The molecule has 3 nitrogen and oxygen atoms in total. The maximum absolute atomic E-state index is 12.3. The average molecular weight is 357 g/mol. The summed E-state index contributed by atoms with van der Waals surface area (Å²) in [5, 5.41) is 4.47. The van der Waals surface area contributed by atoms with Gasteiger partial charge in [-0.1, -0.05) is 56.0 Å². The number of carbonyl (C=O) groups is 1. The first kappa shape index (κ1) is 18.6. The molecule has 0 aromatic heterocycles. The minimum absolute atomic E-state index is 0.0866. The van der Waals surface area contributed by atoms with Gasteiger partial charge in [0, 0.05) is 22.6 Å². The van der Waals surface area contributed by atoms with Crippen LogP contribution in [0.4, 0.5) is 0 Å². The zero-order chi connectivity index (χ0) is 17.0. The van der Waals surface area contributed by atoms with Gasteiger partial charge < -0.3 is 5.32 Å². The van der Waals surface area contributed by atoms with E-state index in [9.17, 15) is 4.79 Å². The van der Waals surface area contributed by atoms with Crippen molar-refractivity contribution >= 4 is 29.1 Å². The Morgan fingerprint density at radius 3 is 2.74 bits per heavy atom. The topological polar surface area (TPSA) is 32.3 Å². The zero-order valence-corrected chi connectivity index (χ0v) is 15.6. The quantitative estimate of drug-likeness (QED) is 0.849. The molecule has 0 saturated heterocycles. The number of nitrogens with zero attached hydrogens (tertiary/aromatic N) is 1. The van der Waals surface area contributed by atoms with Crippen LogP contribution in [0.1, 0.15) is 38.7 Å². The molecule has 23 heavy (non-hydrogen) atoms. The number of nitrogens with one attached hydrogen (secondary N) is 1. The van der Waals surface area contributed by atoms with Crippen LogP contribution in [0.25, 0.3) is 0 Å². The zero-order valence-electron chi connectivity index (χ0n) is 14.1. The van der Waals surface area contributed by atoms with Gasteiger partial charge in [0.15, 0.2) is 0 Å². The van der Waals surface area contributed by atoms with Crippen LogP contribution in [0.2, 0.25) is 10.0 Å². The second kappa shape index (κ2) is 8.36. The maximum Gasteiger partial charge on any atom is 0.234 e. The third kappa shape index (κ3) is 5.37. The summed E-state index contributed by atoms with van der Waals surface area (Å²) in [6.07, 6.45) is 3.55. The number of amides is 1. The first-order valence-electron chi connectivity index (χ1n) is 8.28. The van der Waals surface area contributed by atoms with Crippen LogP contribution in [0.3, 0.4) is 0 Å². The second-order valence-corrected chi connectivity index (χ2v) is 7.69. The average Bonchev–Trinajstić information content (AvgIpc) is 2.47. The highest BCUT2D eigenvalue weighted by molar-refractivity contribution is 6.35. The summed E-state index contributed by atoms with van der Waals surface area (Å²) >= 11 is 12.1. The SMILES string of the molecule is C[C@@H]1[C@H](C)CCC[C@H]1NC(=O)CN(C)Cc1ccc(Cl)cc1Cl. The van der Waals surface area contributed by atoms with E-state index in [0.717, 1.165) is 12.0 Å².